The van der Waals surface area contributed by atoms with Crippen LogP contribution in [0.25, 0.3) is 0 Å². The summed E-state index contributed by atoms with van der Waals surface area (Å²) >= 11 is 11.7. The first-order valence-electron chi connectivity index (χ1n) is 7.08. The van der Waals surface area contributed by atoms with Gasteiger partial charge in [-0.05, 0) is 17.7 Å². The van der Waals surface area contributed by atoms with E-state index >= 15 is 0 Å². The molecule has 22 heavy (non-hydrogen) atoms. The SMILES string of the molecule is O=C(c1cc(Cl)c(Cl)[nH]1)N1CCN(Cc2cccnc2)CC1. The number of H-pyrrole nitrogens is 1. The van der Waals surface area contributed by atoms with E-state index in [9.17, 15) is 4.79 Å². The second kappa shape index (κ2) is 6.69. The third-order valence-electron chi connectivity index (χ3n) is 3.74. The van der Waals surface area contributed by atoms with Crippen molar-refractivity contribution < 1.29 is 4.79 Å². The van der Waals surface area contributed by atoms with Crippen molar-refractivity contribution >= 4 is 29.1 Å². The average molecular weight is 339 g/mol. The standard InChI is InChI=1S/C15H16Cl2N4O/c16-12-8-13(19-14(12)17)15(22)21-6-4-20(5-7-21)10-11-2-1-3-18-9-11/h1-3,8-9,19H,4-7,10H2. The molecule has 0 bridgehead atoms. The Morgan fingerprint density at radius 2 is 2.05 bits per heavy atom. The summed E-state index contributed by atoms with van der Waals surface area (Å²) in [6.45, 7) is 3.91. The highest BCUT2D eigenvalue weighted by Crippen LogP contribution is 2.23. The fourth-order valence-corrected chi connectivity index (χ4v) is 2.86. The van der Waals surface area contributed by atoms with Crippen molar-refractivity contribution in [1.82, 2.24) is 19.8 Å². The van der Waals surface area contributed by atoms with Crippen LogP contribution in [0, 0.1) is 0 Å². The van der Waals surface area contributed by atoms with E-state index in [4.69, 9.17) is 23.2 Å². The number of carbonyl (C=O) groups is 1. The maximum atomic E-state index is 12.4. The largest absolute Gasteiger partial charge is 0.340 e. The van der Waals surface area contributed by atoms with Gasteiger partial charge in [-0.25, -0.2) is 0 Å². The molecule has 2 aromatic rings. The molecule has 3 rings (SSSR count). The van der Waals surface area contributed by atoms with Gasteiger partial charge in [0.25, 0.3) is 5.91 Å². The maximum Gasteiger partial charge on any atom is 0.270 e. The molecule has 1 aliphatic rings. The van der Waals surface area contributed by atoms with E-state index < -0.39 is 0 Å². The molecule has 7 heteroatoms. The first kappa shape index (κ1) is 15.3. The Balaban J connectivity index is 1.56. The minimum absolute atomic E-state index is 0.0603. The number of halogens is 2. The highest BCUT2D eigenvalue weighted by molar-refractivity contribution is 6.41. The number of aromatic amines is 1. The molecule has 1 saturated heterocycles. The predicted molar refractivity (Wildman–Crippen MR) is 86.2 cm³/mol. The number of piperazine rings is 1. The smallest absolute Gasteiger partial charge is 0.270 e. The first-order chi connectivity index (χ1) is 10.6. The third kappa shape index (κ3) is 3.43. The fourth-order valence-electron chi connectivity index (χ4n) is 2.55. The summed E-state index contributed by atoms with van der Waals surface area (Å²) in [7, 11) is 0. The number of pyridine rings is 1. The minimum atomic E-state index is -0.0603. The Morgan fingerprint density at radius 1 is 1.27 bits per heavy atom. The number of hydrogen-bond acceptors (Lipinski definition) is 3. The van der Waals surface area contributed by atoms with Gasteiger partial charge in [0.1, 0.15) is 10.8 Å². The van der Waals surface area contributed by atoms with Crippen molar-refractivity contribution in [2.75, 3.05) is 26.2 Å². The zero-order valence-electron chi connectivity index (χ0n) is 11.9. The van der Waals surface area contributed by atoms with Gasteiger partial charge in [-0.3, -0.25) is 14.7 Å². The number of nitrogens with one attached hydrogen (secondary N) is 1. The second-order valence-electron chi connectivity index (χ2n) is 5.27. The van der Waals surface area contributed by atoms with Crippen molar-refractivity contribution in [3.05, 3.63) is 52.0 Å². The summed E-state index contributed by atoms with van der Waals surface area (Å²) in [5, 5.41) is 0.681. The normalized spacial score (nSPS) is 16.0. The predicted octanol–water partition coefficient (Wildman–Crippen LogP) is 2.67. The van der Waals surface area contributed by atoms with E-state index in [0.717, 1.165) is 19.6 Å². The molecule has 0 saturated carbocycles. The summed E-state index contributed by atoms with van der Waals surface area (Å²) < 4.78 is 0. The summed E-state index contributed by atoms with van der Waals surface area (Å²) in [5.74, 6) is -0.0603. The van der Waals surface area contributed by atoms with Gasteiger partial charge in [0.2, 0.25) is 0 Å². The van der Waals surface area contributed by atoms with E-state index in [1.807, 2.05) is 17.2 Å². The van der Waals surface area contributed by atoms with Crippen LogP contribution in [-0.4, -0.2) is 51.9 Å². The summed E-state index contributed by atoms with van der Waals surface area (Å²) in [4.78, 5) is 23.4. The Morgan fingerprint density at radius 3 is 2.64 bits per heavy atom. The van der Waals surface area contributed by atoms with Gasteiger partial charge in [-0.1, -0.05) is 29.3 Å². The van der Waals surface area contributed by atoms with E-state index in [-0.39, 0.29) is 5.91 Å². The molecule has 0 spiro atoms. The van der Waals surface area contributed by atoms with Crippen molar-refractivity contribution in [2.24, 2.45) is 0 Å². The van der Waals surface area contributed by atoms with Crippen LogP contribution in [0.15, 0.2) is 30.6 Å². The van der Waals surface area contributed by atoms with Gasteiger partial charge in [0, 0.05) is 45.1 Å². The van der Waals surface area contributed by atoms with Crippen LogP contribution in [-0.2, 0) is 6.54 Å². The van der Waals surface area contributed by atoms with E-state index in [0.29, 0.717) is 29.0 Å². The zero-order chi connectivity index (χ0) is 15.5. The van der Waals surface area contributed by atoms with Gasteiger partial charge >= 0.3 is 0 Å². The lowest BCUT2D eigenvalue weighted by Crippen LogP contribution is -2.48. The molecule has 2 aromatic heterocycles. The lowest BCUT2D eigenvalue weighted by Gasteiger charge is -2.34. The number of nitrogens with zero attached hydrogens (tertiary/aromatic N) is 3. The maximum absolute atomic E-state index is 12.4. The molecular formula is C15H16Cl2N4O. The molecule has 0 aromatic carbocycles. The topological polar surface area (TPSA) is 52.2 Å². The zero-order valence-corrected chi connectivity index (χ0v) is 13.4. The molecule has 1 fully saturated rings. The molecule has 0 atom stereocenters. The van der Waals surface area contributed by atoms with E-state index in [1.165, 1.54) is 5.56 Å². The number of aromatic nitrogens is 2. The van der Waals surface area contributed by atoms with Crippen molar-refractivity contribution in [2.45, 2.75) is 6.54 Å². The summed E-state index contributed by atoms with van der Waals surface area (Å²) in [5.41, 5.74) is 1.63. The van der Waals surface area contributed by atoms with Crippen LogP contribution in [0.1, 0.15) is 16.1 Å². The van der Waals surface area contributed by atoms with Crippen molar-refractivity contribution in [1.29, 1.82) is 0 Å². The van der Waals surface area contributed by atoms with Crippen LogP contribution in [0.2, 0.25) is 10.2 Å². The molecule has 5 nitrogen and oxygen atoms in total. The van der Waals surface area contributed by atoms with Gasteiger partial charge in [0.15, 0.2) is 0 Å². The number of carbonyl (C=O) groups excluding carboxylic acids is 1. The second-order valence-corrected chi connectivity index (χ2v) is 6.06. The fraction of sp³-hybridized carbons (Fsp3) is 0.333. The van der Waals surface area contributed by atoms with Gasteiger partial charge < -0.3 is 9.88 Å². The van der Waals surface area contributed by atoms with Crippen molar-refractivity contribution in [3.63, 3.8) is 0 Å². The molecule has 1 amide bonds. The molecule has 0 aliphatic carbocycles. The molecule has 0 radical (unpaired) electrons. The average Bonchev–Trinajstić information content (AvgIpc) is 2.88. The highest BCUT2D eigenvalue weighted by Gasteiger charge is 2.23. The lowest BCUT2D eigenvalue weighted by atomic mass is 10.2. The Kier molecular flexibility index (Phi) is 4.66. The van der Waals surface area contributed by atoms with Crippen LogP contribution >= 0.6 is 23.2 Å². The summed E-state index contributed by atoms with van der Waals surface area (Å²) in [6, 6.07) is 5.58. The van der Waals surface area contributed by atoms with E-state index in [1.54, 1.807) is 12.3 Å². The Hall–Kier alpha value is -1.56. The molecule has 3 heterocycles. The van der Waals surface area contributed by atoms with Gasteiger partial charge in [0.05, 0.1) is 5.02 Å². The van der Waals surface area contributed by atoms with Crippen molar-refractivity contribution in [3.8, 4) is 0 Å². The molecular weight excluding hydrogens is 323 g/mol. The monoisotopic (exact) mass is 338 g/mol. The number of rotatable bonds is 3. The van der Waals surface area contributed by atoms with Crippen LogP contribution < -0.4 is 0 Å². The van der Waals surface area contributed by atoms with E-state index in [2.05, 4.69) is 20.9 Å². The first-order valence-corrected chi connectivity index (χ1v) is 7.83. The molecule has 116 valence electrons. The summed E-state index contributed by atoms with van der Waals surface area (Å²) in [6.07, 6.45) is 3.65. The van der Waals surface area contributed by atoms with Crippen LogP contribution in [0.4, 0.5) is 0 Å². The molecule has 1 N–H and O–H groups in total. The Bertz CT molecular complexity index is 631. The quantitative estimate of drug-likeness (QED) is 0.935. The van der Waals surface area contributed by atoms with Gasteiger partial charge in [-0.2, -0.15) is 0 Å². The highest BCUT2D eigenvalue weighted by atomic mass is 35.5. The van der Waals surface area contributed by atoms with Crippen LogP contribution in [0.3, 0.4) is 0 Å². The third-order valence-corrected chi connectivity index (χ3v) is 4.44. The van der Waals surface area contributed by atoms with Crippen LogP contribution in [0.5, 0.6) is 0 Å². The molecule has 1 aliphatic heterocycles. The number of amides is 1. The van der Waals surface area contributed by atoms with Gasteiger partial charge in [-0.15, -0.1) is 0 Å². The Labute approximate surface area is 138 Å². The number of hydrogen-bond donors (Lipinski definition) is 1. The molecule has 0 unspecified atom stereocenters. The lowest BCUT2D eigenvalue weighted by molar-refractivity contribution is 0.0623. The minimum Gasteiger partial charge on any atom is -0.340 e.